The normalized spacial score (nSPS) is 20.8. The molecule has 9 heteroatoms. The maximum absolute atomic E-state index is 13.3. The third-order valence-electron chi connectivity index (χ3n) is 5.25. The zero-order valence-corrected chi connectivity index (χ0v) is 17.4. The van der Waals surface area contributed by atoms with E-state index in [4.69, 9.17) is 0 Å². The van der Waals surface area contributed by atoms with E-state index in [-0.39, 0.29) is 12.5 Å². The van der Waals surface area contributed by atoms with E-state index >= 15 is 0 Å². The molecule has 8 nitrogen and oxygen atoms in total. The average Bonchev–Trinajstić information content (AvgIpc) is 2.72. The summed E-state index contributed by atoms with van der Waals surface area (Å²) in [6.07, 6.45) is 5.64. The van der Waals surface area contributed by atoms with Crippen LogP contribution >= 0.6 is 0 Å². The van der Waals surface area contributed by atoms with Gasteiger partial charge in [0.1, 0.15) is 6.04 Å². The zero-order valence-electron chi connectivity index (χ0n) is 17.4. The molecule has 1 aliphatic heterocycles. The van der Waals surface area contributed by atoms with Gasteiger partial charge < -0.3 is 31.1 Å². The number of carbonyl (C=O) groups excluding carboxylic acids is 2. The van der Waals surface area contributed by atoms with E-state index in [9.17, 15) is 24.7 Å². The molecule has 6 N–H and O–H groups in total. The lowest BCUT2D eigenvalue weighted by atomic mass is 9.66. The second-order valence-corrected chi connectivity index (χ2v) is 7.79. The van der Waals surface area contributed by atoms with Gasteiger partial charge in [0.05, 0.1) is 6.10 Å². The number of nitrogens with one attached hydrogen (secondary N) is 3. The van der Waals surface area contributed by atoms with Crippen LogP contribution in [0.4, 0.5) is 0 Å². The molecule has 2 rings (SSSR count). The van der Waals surface area contributed by atoms with E-state index < -0.39 is 42.4 Å². The van der Waals surface area contributed by atoms with Crippen molar-refractivity contribution < 1.29 is 24.7 Å². The minimum atomic E-state index is -1.59. The van der Waals surface area contributed by atoms with E-state index in [0.29, 0.717) is 5.56 Å². The van der Waals surface area contributed by atoms with Crippen molar-refractivity contribution in [3.05, 3.63) is 60.3 Å². The van der Waals surface area contributed by atoms with Crippen LogP contribution in [0.15, 0.2) is 54.8 Å². The Labute approximate surface area is 177 Å². The Kier molecular flexibility index (Phi) is 8.22. The molecule has 0 radical (unpaired) electrons. The Morgan fingerprint density at radius 2 is 1.80 bits per heavy atom. The first-order valence-electron chi connectivity index (χ1n) is 9.99. The van der Waals surface area contributed by atoms with Gasteiger partial charge in [-0.1, -0.05) is 50.3 Å². The smallest absolute Gasteiger partial charge is 0.427 e. The largest absolute Gasteiger partial charge is 0.456 e. The highest BCUT2D eigenvalue weighted by Crippen LogP contribution is 2.26. The third kappa shape index (κ3) is 5.50. The number of allylic oxidation sites excluding steroid dienone is 2. The van der Waals surface area contributed by atoms with Gasteiger partial charge in [0.25, 0.3) is 5.91 Å². The standard InChI is InChI=1S/C21H30BN3O5/c1-14(2)17(22(29)30)13-23-19(27)18(15(3)26)25-20(28)21(11-7-8-12-24-21)16-9-5-4-6-10-16/h4-12,14-15,17-18,24,26,29-30H,13H2,1-3H3,(H,23,27)(H,25,28)/t15-,17+,18+,21?/m1/s1. The number of benzene rings is 1. The maximum atomic E-state index is 13.3. The highest BCUT2D eigenvalue weighted by molar-refractivity contribution is 6.43. The molecule has 0 fully saturated rings. The van der Waals surface area contributed by atoms with E-state index in [0.717, 1.165) is 0 Å². The first-order valence-corrected chi connectivity index (χ1v) is 9.99. The molecule has 0 aromatic heterocycles. The highest BCUT2D eigenvalue weighted by Gasteiger charge is 2.40. The molecule has 0 aliphatic carbocycles. The number of aliphatic hydroxyl groups is 1. The quantitative estimate of drug-likeness (QED) is 0.316. The summed E-state index contributed by atoms with van der Waals surface area (Å²) >= 11 is 0. The van der Waals surface area contributed by atoms with E-state index in [1.807, 2.05) is 32.0 Å². The van der Waals surface area contributed by atoms with Crippen molar-refractivity contribution in [1.82, 2.24) is 16.0 Å². The van der Waals surface area contributed by atoms with E-state index in [1.54, 1.807) is 36.6 Å². The van der Waals surface area contributed by atoms with Gasteiger partial charge in [-0.3, -0.25) is 9.59 Å². The second kappa shape index (κ2) is 10.4. The fraction of sp³-hybridized carbons (Fsp3) is 0.429. The van der Waals surface area contributed by atoms with Gasteiger partial charge >= 0.3 is 7.12 Å². The van der Waals surface area contributed by atoms with Crippen LogP contribution in [0.5, 0.6) is 0 Å². The summed E-state index contributed by atoms with van der Waals surface area (Å²) in [6.45, 7) is 5.02. The van der Waals surface area contributed by atoms with Gasteiger partial charge in [-0.15, -0.1) is 0 Å². The SMILES string of the molecule is CC(C)[C@H](CNC(=O)[C@@H](NC(=O)C1(c2ccccc2)C=CC=CN1)[C@@H](C)O)B(O)O. The molecule has 0 saturated carbocycles. The number of rotatable bonds is 9. The van der Waals surface area contributed by atoms with Crippen LogP contribution in [0, 0.1) is 5.92 Å². The topological polar surface area (TPSA) is 131 Å². The number of carbonyl (C=O) groups is 2. The number of amides is 2. The number of hydrogen-bond acceptors (Lipinski definition) is 6. The van der Waals surface area contributed by atoms with Crippen molar-refractivity contribution in [2.45, 2.75) is 44.3 Å². The Bertz CT molecular complexity index is 774. The molecular weight excluding hydrogens is 385 g/mol. The molecule has 1 heterocycles. The molecule has 0 spiro atoms. The molecule has 0 bridgehead atoms. The number of aliphatic hydroxyl groups excluding tert-OH is 1. The lowest BCUT2D eigenvalue weighted by molar-refractivity contribution is -0.134. The minimum absolute atomic E-state index is 0.00201. The van der Waals surface area contributed by atoms with Crippen LogP contribution in [0.25, 0.3) is 0 Å². The molecule has 1 unspecified atom stereocenters. The monoisotopic (exact) mass is 415 g/mol. The third-order valence-corrected chi connectivity index (χ3v) is 5.25. The number of hydrogen-bond donors (Lipinski definition) is 6. The minimum Gasteiger partial charge on any atom is -0.427 e. The molecule has 4 atom stereocenters. The molecule has 1 aromatic rings. The van der Waals surface area contributed by atoms with Crippen molar-refractivity contribution in [3.8, 4) is 0 Å². The Balaban J connectivity index is 2.18. The van der Waals surface area contributed by atoms with Crippen LogP contribution < -0.4 is 16.0 Å². The first kappa shape index (κ1) is 23.7. The van der Waals surface area contributed by atoms with Crippen molar-refractivity contribution in [2.75, 3.05) is 6.54 Å². The highest BCUT2D eigenvalue weighted by atomic mass is 16.4. The predicted molar refractivity (Wildman–Crippen MR) is 115 cm³/mol. The van der Waals surface area contributed by atoms with Crippen LogP contribution in [0.2, 0.25) is 5.82 Å². The summed E-state index contributed by atoms with van der Waals surface area (Å²) in [4.78, 5) is 26.0. The molecular formula is C21H30BN3O5. The Hall–Kier alpha value is -2.62. The van der Waals surface area contributed by atoms with Gasteiger partial charge in [-0.2, -0.15) is 0 Å². The van der Waals surface area contributed by atoms with Crippen molar-refractivity contribution in [3.63, 3.8) is 0 Å². The Morgan fingerprint density at radius 3 is 2.30 bits per heavy atom. The van der Waals surface area contributed by atoms with Crippen LogP contribution in [-0.2, 0) is 15.1 Å². The van der Waals surface area contributed by atoms with E-state index in [2.05, 4.69) is 16.0 Å². The van der Waals surface area contributed by atoms with Gasteiger partial charge in [0.2, 0.25) is 5.91 Å². The van der Waals surface area contributed by atoms with Gasteiger partial charge in [-0.05, 0) is 36.8 Å². The lowest BCUT2D eigenvalue weighted by Gasteiger charge is -2.34. The summed E-state index contributed by atoms with van der Waals surface area (Å²) in [6, 6.07) is 7.83. The fourth-order valence-corrected chi connectivity index (χ4v) is 3.31. The molecule has 162 valence electrons. The van der Waals surface area contributed by atoms with Crippen LogP contribution in [0.1, 0.15) is 26.3 Å². The summed E-state index contributed by atoms with van der Waals surface area (Å²) in [5.74, 6) is -1.78. The molecule has 1 aromatic carbocycles. The van der Waals surface area contributed by atoms with Crippen LogP contribution in [-0.4, -0.2) is 52.8 Å². The van der Waals surface area contributed by atoms with Gasteiger partial charge in [-0.25, -0.2) is 0 Å². The average molecular weight is 415 g/mol. The second-order valence-electron chi connectivity index (χ2n) is 7.79. The molecule has 0 saturated heterocycles. The van der Waals surface area contributed by atoms with Crippen molar-refractivity contribution in [1.29, 1.82) is 0 Å². The molecule has 30 heavy (non-hydrogen) atoms. The predicted octanol–water partition coefficient (Wildman–Crippen LogP) is 0.0358. The number of dihydropyridines is 1. The fourth-order valence-electron chi connectivity index (χ4n) is 3.31. The molecule has 2 amide bonds. The summed E-state index contributed by atoms with van der Waals surface area (Å²) in [7, 11) is -1.59. The summed E-state index contributed by atoms with van der Waals surface area (Å²) in [5, 5.41) is 37.4. The zero-order chi connectivity index (χ0) is 22.3. The van der Waals surface area contributed by atoms with Crippen molar-refractivity contribution >= 4 is 18.9 Å². The van der Waals surface area contributed by atoms with E-state index in [1.165, 1.54) is 6.92 Å². The van der Waals surface area contributed by atoms with Crippen molar-refractivity contribution in [2.24, 2.45) is 5.92 Å². The Morgan fingerprint density at radius 1 is 1.13 bits per heavy atom. The van der Waals surface area contributed by atoms with Gasteiger partial charge in [0.15, 0.2) is 5.54 Å². The maximum Gasteiger partial charge on any atom is 0.456 e. The van der Waals surface area contributed by atoms with Gasteiger partial charge in [0, 0.05) is 12.4 Å². The van der Waals surface area contributed by atoms with Crippen LogP contribution in [0.3, 0.4) is 0 Å². The lowest BCUT2D eigenvalue weighted by Crippen LogP contribution is -2.60. The molecule has 1 aliphatic rings. The summed E-state index contributed by atoms with van der Waals surface area (Å²) < 4.78 is 0. The first-order chi connectivity index (χ1) is 14.2. The summed E-state index contributed by atoms with van der Waals surface area (Å²) in [5.41, 5.74) is -0.554.